The molecule has 0 aromatic carbocycles. The molecule has 88 valence electrons. The number of ether oxygens (including phenoxy) is 1. The Bertz CT molecular complexity index is 334. The number of nitrogens with one attached hydrogen (secondary N) is 1. The van der Waals surface area contributed by atoms with E-state index in [2.05, 4.69) is 31.2 Å². The first-order valence-corrected chi connectivity index (χ1v) is 6.15. The molecule has 0 amide bonds. The van der Waals surface area contributed by atoms with Gasteiger partial charge in [0.1, 0.15) is 10.4 Å². The molecule has 1 aliphatic rings. The van der Waals surface area contributed by atoms with Crippen molar-refractivity contribution in [3.63, 3.8) is 0 Å². The van der Waals surface area contributed by atoms with Crippen LogP contribution < -0.4 is 11.1 Å². The molecule has 1 aliphatic heterocycles. The van der Waals surface area contributed by atoms with Crippen molar-refractivity contribution in [2.45, 2.75) is 12.8 Å². The van der Waals surface area contributed by atoms with E-state index in [1.165, 1.54) is 6.42 Å². The summed E-state index contributed by atoms with van der Waals surface area (Å²) in [7, 11) is 0. The minimum Gasteiger partial charge on any atom is -0.383 e. The molecule has 2 rings (SSSR count). The lowest BCUT2D eigenvalue weighted by Crippen LogP contribution is -2.25. The second-order valence-corrected chi connectivity index (χ2v) is 4.72. The Kier molecular flexibility index (Phi) is 3.95. The van der Waals surface area contributed by atoms with E-state index in [0.29, 0.717) is 22.3 Å². The Morgan fingerprint density at radius 3 is 3.12 bits per heavy atom. The molecule has 0 bridgehead atoms. The monoisotopic (exact) mass is 286 g/mol. The van der Waals surface area contributed by atoms with Gasteiger partial charge in [0.15, 0.2) is 0 Å². The standard InChI is InChI=1S/C10H15BrN4O/c11-8-4-9(12)15-10(14-8)13-5-7-2-1-3-16-6-7/h4,7H,1-3,5-6H2,(H3,12,13,14,15). The van der Waals surface area contributed by atoms with Crippen LogP contribution in [-0.4, -0.2) is 29.7 Å². The first-order chi connectivity index (χ1) is 7.74. The second-order valence-electron chi connectivity index (χ2n) is 3.90. The number of nitrogen functional groups attached to an aromatic ring is 1. The van der Waals surface area contributed by atoms with Gasteiger partial charge in [-0.15, -0.1) is 0 Å². The van der Waals surface area contributed by atoms with Crippen LogP contribution in [0.15, 0.2) is 10.7 Å². The van der Waals surface area contributed by atoms with E-state index in [1.54, 1.807) is 6.07 Å². The maximum atomic E-state index is 5.62. The highest BCUT2D eigenvalue weighted by Crippen LogP contribution is 2.16. The van der Waals surface area contributed by atoms with Crippen LogP contribution in [0.2, 0.25) is 0 Å². The first-order valence-electron chi connectivity index (χ1n) is 5.36. The average molecular weight is 287 g/mol. The van der Waals surface area contributed by atoms with Gasteiger partial charge in [0, 0.05) is 19.2 Å². The smallest absolute Gasteiger partial charge is 0.225 e. The number of rotatable bonds is 3. The molecule has 16 heavy (non-hydrogen) atoms. The molecule has 1 aromatic heterocycles. The summed E-state index contributed by atoms with van der Waals surface area (Å²) in [6.45, 7) is 2.53. The molecule has 1 atom stereocenters. The molecule has 0 saturated carbocycles. The van der Waals surface area contributed by atoms with Crippen molar-refractivity contribution in [3.8, 4) is 0 Å². The van der Waals surface area contributed by atoms with Crippen LogP contribution in [0.25, 0.3) is 0 Å². The minimum absolute atomic E-state index is 0.462. The maximum absolute atomic E-state index is 5.62. The Hall–Kier alpha value is -0.880. The van der Waals surface area contributed by atoms with Gasteiger partial charge >= 0.3 is 0 Å². The fourth-order valence-corrected chi connectivity index (χ4v) is 2.12. The van der Waals surface area contributed by atoms with Gasteiger partial charge in [-0.2, -0.15) is 4.98 Å². The number of hydrogen-bond donors (Lipinski definition) is 2. The van der Waals surface area contributed by atoms with Crippen molar-refractivity contribution >= 4 is 27.7 Å². The van der Waals surface area contributed by atoms with Gasteiger partial charge in [-0.25, -0.2) is 4.98 Å². The van der Waals surface area contributed by atoms with Crippen LogP contribution >= 0.6 is 15.9 Å². The normalized spacial score (nSPS) is 20.7. The Labute approximate surface area is 103 Å². The molecule has 1 fully saturated rings. The molecular formula is C10H15BrN4O. The molecule has 0 spiro atoms. The summed E-state index contributed by atoms with van der Waals surface area (Å²) in [4.78, 5) is 8.30. The highest BCUT2D eigenvalue weighted by atomic mass is 79.9. The predicted octanol–water partition coefficient (Wildman–Crippen LogP) is 1.66. The number of halogens is 1. The highest BCUT2D eigenvalue weighted by Gasteiger charge is 2.14. The summed E-state index contributed by atoms with van der Waals surface area (Å²) < 4.78 is 6.10. The Morgan fingerprint density at radius 2 is 2.44 bits per heavy atom. The fourth-order valence-electron chi connectivity index (χ4n) is 1.72. The topological polar surface area (TPSA) is 73.1 Å². The van der Waals surface area contributed by atoms with Gasteiger partial charge in [0.25, 0.3) is 0 Å². The van der Waals surface area contributed by atoms with E-state index < -0.39 is 0 Å². The van der Waals surface area contributed by atoms with Gasteiger partial charge in [0.2, 0.25) is 5.95 Å². The zero-order valence-corrected chi connectivity index (χ0v) is 10.5. The summed E-state index contributed by atoms with van der Waals surface area (Å²) in [6.07, 6.45) is 2.32. The van der Waals surface area contributed by atoms with E-state index in [9.17, 15) is 0 Å². The van der Waals surface area contributed by atoms with E-state index in [1.807, 2.05) is 0 Å². The zero-order chi connectivity index (χ0) is 11.4. The van der Waals surface area contributed by atoms with Crippen LogP contribution in [0, 0.1) is 5.92 Å². The highest BCUT2D eigenvalue weighted by molar-refractivity contribution is 9.10. The lowest BCUT2D eigenvalue weighted by Gasteiger charge is -2.22. The molecule has 1 unspecified atom stereocenters. The van der Waals surface area contributed by atoms with Crippen molar-refractivity contribution in [1.82, 2.24) is 9.97 Å². The van der Waals surface area contributed by atoms with E-state index in [4.69, 9.17) is 10.5 Å². The van der Waals surface area contributed by atoms with Crippen LogP contribution in [0.3, 0.4) is 0 Å². The SMILES string of the molecule is Nc1cc(Br)nc(NCC2CCCOC2)n1. The third-order valence-electron chi connectivity index (χ3n) is 2.52. The summed E-state index contributed by atoms with van der Waals surface area (Å²) in [5.74, 6) is 1.57. The first kappa shape index (κ1) is 11.6. The number of nitrogens with zero attached hydrogens (tertiary/aromatic N) is 2. The molecule has 2 heterocycles. The fraction of sp³-hybridized carbons (Fsp3) is 0.600. The lowest BCUT2D eigenvalue weighted by atomic mass is 10.0. The van der Waals surface area contributed by atoms with Crippen molar-refractivity contribution in [3.05, 3.63) is 10.7 Å². The third-order valence-corrected chi connectivity index (χ3v) is 2.92. The molecule has 5 nitrogen and oxygen atoms in total. The van der Waals surface area contributed by atoms with Gasteiger partial charge in [-0.1, -0.05) is 0 Å². The van der Waals surface area contributed by atoms with E-state index in [-0.39, 0.29) is 0 Å². The number of anilines is 2. The van der Waals surface area contributed by atoms with Crippen LogP contribution in [-0.2, 0) is 4.74 Å². The van der Waals surface area contributed by atoms with Crippen molar-refractivity contribution in [2.75, 3.05) is 30.8 Å². The minimum atomic E-state index is 0.462. The molecule has 0 aliphatic carbocycles. The van der Waals surface area contributed by atoms with Gasteiger partial charge in [-0.05, 0) is 34.7 Å². The van der Waals surface area contributed by atoms with Crippen molar-refractivity contribution in [2.24, 2.45) is 5.92 Å². The molecule has 0 radical (unpaired) electrons. The number of nitrogens with two attached hydrogens (primary N) is 1. The van der Waals surface area contributed by atoms with Crippen LogP contribution in [0.4, 0.5) is 11.8 Å². The largest absolute Gasteiger partial charge is 0.383 e. The zero-order valence-electron chi connectivity index (χ0n) is 8.95. The van der Waals surface area contributed by atoms with Gasteiger partial charge in [-0.3, -0.25) is 0 Å². The molecule has 1 aromatic rings. The Balaban J connectivity index is 1.88. The maximum Gasteiger partial charge on any atom is 0.225 e. The van der Waals surface area contributed by atoms with E-state index in [0.717, 1.165) is 26.2 Å². The average Bonchev–Trinajstić information content (AvgIpc) is 2.27. The van der Waals surface area contributed by atoms with Crippen molar-refractivity contribution < 1.29 is 4.74 Å². The van der Waals surface area contributed by atoms with Crippen molar-refractivity contribution in [1.29, 1.82) is 0 Å². The third kappa shape index (κ3) is 3.31. The summed E-state index contributed by atoms with van der Waals surface area (Å²) >= 11 is 3.28. The van der Waals surface area contributed by atoms with Gasteiger partial charge in [0.05, 0.1) is 6.61 Å². The lowest BCUT2D eigenvalue weighted by molar-refractivity contribution is 0.0594. The molecule has 1 saturated heterocycles. The molecular weight excluding hydrogens is 272 g/mol. The summed E-state index contributed by atoms with van der Waals surface area (Å²) in [5.41, 5.74) is 5.62. The van der Waals surface area contributed by atoms with E-state index >= 15 is 0 Å². The molecule has 3 N–H and O–H groups in total. The summed E-state index contributed by atoms with van der Waals surface area (Å²) in [6, 6.07) is 1.68. The quantitative estimate of drug-likeness (QED) is 0.827. The predicted molar refractivity (Wildman–Crippen MR) is 66.2 cm³/mol. The van der Waals surface area contributed by atoms with Gasteiger partial charge < -0.3 is 15.8 Å². The summed E-state index contributed by atoms with van der Waals surface area (Å²) in [5, 5.41) is 3.18. The van der Waals surface area contributed by atoms with Crippen LogP contribution in [0.5, 0.6) is 0 Å². The molecule has 6 heteroatoms. The van der Waals surface area contributed by atoms with Crippen LogP contribution in [0.1, 0.15) is 12.8 Å². The number of aromatic nitrogens is 2. The second kappa shape index (κ2) is 5.45. The number of hydrogen-bond acceptors (Lipinski definition) is 5. The Morgan fingerprint density at radius 1 is 1.56 bits per heavy atom.